The van der Waals surface area contributed by atoms with Crippen LogP contribution in [-0.4, -0.2) is 18.4 Å². The van der Waals surface area contributed by atoms with Gasteiger partial charge in [0.15, 0.2) is 5.78 Å². The number of ether oxygens (including phenoxy) is 2. The molecular formula is C26H28BrNO5. The number of benzene rings is 1. The monoisotopic (exact) mass is 513 g/mol. The third-order valence-electron chi connectivity index (χ3n) is 5.96. The molecule has 0 radical (unpaired) electrons. The summed E-state index contributed by atoms with van der Waals surface area (Å²) in [6, 6.07) is 11.2. The van der Waals surface area contributed by atoms with Crippen LogP contribution in [-0.2, 0) is 20.9 Å². The molecule has 2 aliphatic rings. The fourth-order valence-electron chi connectivity index (χ4n) is 4.61. The highest BCUT2D eigenvalue weighted by Crippen LogP contribution is 2.48. The molecule has 2 aromatic rings. The average molecular weight is 514 g/mol. The zero-order valence-corrected chi connectivity index (χ0v) is 20.7. The highest BCUT2D eigenvalue weighted by molar-refractivity contribution is 9.10. The lowest BCUT2D eigenvalue weighted by Crippen LogP contribution is -2.43. The summed E-state index contributed by atoms with van der Waals surface area (Å²) >= 11 is 3.43. The second-order valence-corrected chi connectivity index (χ2v) is 10.2. The Kier molecular flexibility index (Phi) is 6.52. The first kappa shape index (κ1) is 23.4. The molecule has 0 saturated heterocycles. The van der Waals surface area contributed by atoms with Gasteiger partial charge in [-0.25, -0.2) is 0 Å². The quantitative estimate of drug-likeness (QED) is 0.503. The zero-order chi connectivity index (χ0) is 23.8. The summed E-state index contributed by atoms with van der Waals surface area (Å²) in [5.41, 5.74) is 1.76. The standard InChI is InChI=1S/C26H28BrNO5/c1-5-31-25(30)22-15(2)28-19-12-26(3,4)13-20(29)23(19)24(22)21-10-9-18(33-21)14-32-17-8-6-7-16(27)11-17/h6-11,22,24,28H,2,5,12-14H2,1,3-4H3. The van der Waals surface area contributed by atoms with Gasteiger partial charge in [0.1, 0.15) is 29.8 Å². The molecule has 1 aliphatic heterocycles. The molecule has 2 atom stereocenters. The van der Waals surface area contributed by atoms with Gasteiger partial charge in [-0.05, 0) is 49.1 Å². The van der Waals surface area contributed by atoms with E-state index in [1.54, 1.807) is 6.92 Å². The van der Waals surface area contributed by atoms with Crippen molar-refractivity contribution >= 4 is 27.7 Å². The van der Waals surface area contributed by atoms with E-state index >= 15 is 0 Å². The van der Waals surface area contributed by atoms with Crippen LogP contribution in [0.5, 0.6) is 5.75 Å². The van der Waals surface area contributed by atoms with Gasteiger partial charge >= 0.3 is 5.97 Å². The highest BCUT2D eigenvalue weighted by atomic mass is 79.9. The molecule has 6 nitrogen and oxygen atoms in total. The van der Waals surface area contributed by atoms with Gasteiger partial charge in [0, 0.05) is 27.9 Å². The molecule has 1 aromatic carbocycles. The fourth-order valence-corrected chi connectivity index (χ4v) is 4.99. The minimum absolute atomic E-state index is 0.0175. The molecular weight excluding hydrogens is 486 g/mol. The normalized spacial score (nSPS) is 21.9. The molecule has 0 spiro atoms. The summed E-state index contributed by atoms with van der Waals surface area (Å²) in [5.74, 6) is 0.0921. The minimum atomic E-state index is -0.751. The summed E-state index contributed by atoms with van der Waals surface area (Å²) in [6.07, 6.45) is 1.10. The van der Waals surface area contributed by atoms with E-state index in [0.717, 1.165) is 10.2 Å². The van der Waals surface area contributed by atoms with Crippen molar-refractivity contribution < 1.29 is 23.5 Å². The summed E-state index contributed by atoms with van der Waals surface area (Å²) in [5, 5.41) is 3.24. The maximum atomic E-state index is 13.3. The molecule has 4 rings (SSSR count). The van der Waals surface area contributed by atoms with Crippen LogP contribution in [0, 0.1) is 11.3 Å². The second-order valence-electron chi connectivity index (χ2n) is 9.24. The van der Waals surface area contributed by atoms with E-state index < -0.39 is 17.8 Å². The van der Waals surface area contributed by atoms with Crippen LogP contribution in [0.2, 0.25) is 0 Å². The molecule has 33 heavy (non-hydrogen) atoms. The van der Waals surface area contributed by atoms with Gasteiger partial charge in [0.2, 0.25) is 0 Å². The lowest BCUT2D eigenvalue weighted by molar-refractivity contribution is -0.147. The number of carbonyl (C=O) groups excluding carboxylic acids is 2. The molecule has 0 amide bonds. The van der Waals surface area contributed by atoms with Crippen molar-refractivity contribution in [2.75, 3.05) is 6.61 Å². The largest absolute Gasteiger partial charge is 0.486 e. The predicted octanol–water partition coefficient (Wildman–Crippen LogP) is 5.64. The molecule has 0 fully saturated rings. The Morgan fingerprint density at radius 3 is 2.79 bits per heavy atom. The van der Waals surface area contributed by atoms with Crippen molar-refractivity contribution in [1.29, 1.82) is 0 Å². The van der Waals surface area contributed by atoms with Crippen LogP contribution in [0.1, 0.15) is 51.1 Å². The number of esters is 1. The number of furan rings is 1. The highest BCUT2D eigenvalue weighted by Gasteiger charge is 2.47. The first-order valence-corrected chi connectivity index (χ1v) is 11.8. The number of allylic oxidation sites excluding steroid dienone is 2. The van der Waals surface area contributed by atoms with Gasteiger partial charge in [-0.15, -0.1) is 0 Å². The minimum Gasteiger partial charge on any atom is -0.486 e. The first-order valence-electron chi connectivity index (χ1n) is 11.0. The van der Waals surface area contributed by atoms with E-state index in [2.05, 4.69) is 41.7 Å². The number of hydrogen-bond donors (Lipinski definition) is 1. The molecule has 1 aliphatic carbocycles. The Labute approximate surface area is 202 Å². The van der Waals surface area contributed by atoms with Crippen LogP contribution in [0.4, 0.5) is 0 Å². The maximum Gasteiger partial charge on any atom is 0.316 e. The van der Waals surface area contributed by atoms with Crippen LogP contribution >= 0.6 is 15.9 Å². The predicted molar refractivity (Wildman–Crippen MR) is 127 cm³/mol. The van der Waals surface area contributed by atoms with Crippen molar-refractivity contribution in [3.05, 3.63) is 75.9 Å². The van der Waals surface area contributed by atoms with Crippen LogP contribution in [0.25, 0.3) is 0 Å². The Balaban J connectivity index is 1.67. The smallest absolute Gasteiger partial charge is 0.316 e. The van der Waals surface area contributed by atoms with E-state index in [1.165, 1.54) is 0 Å². The molecule has 2 unspecified atom stereocenters. The SMILES string of the molecule is C=C1NC2=C(C(=O)CC(C)(C)C2)C(c2ccc(COc3cccc(Br)c3)o2)C1C(=O)OCC. The van der Waals surface area contributed by atoms with Crippen molar-refractivity contribution in [3.8, 4) is 5.75 Å². The summed E-state index contributed by atoms with van der Waals surface area (Å²) in [4.78, 5) is 26.2. The number of rotatable bonds is 6. The van der Waals surface area contributed by atoms with Crippen LogP contribution in [0.15, 0.2) is 68.8 Å². The second kappa shape index (κ2) is 9.21. The first-order chi connectivity index (χ1) is 15.7. The number of Topliss-reactive ketones (excluding diaryl/α,β-unsaturated/α-hetero) is 1. The number of ketones is 1. The number of nitrogens with one attached hydrogen (secondary N) is 1. The van der Waals surface area contributed by atoms with Crippen LogP contribution in [0.3, 0.4) is 0 Å². The molecule has 0 saturated carbocycles. The Morgan fingerprint density at radius 1 is 1.27 bits per heavy atom. The van der Waals surface area contributed by atoms with Gasteiger partial charge in [0.25, 0.3) is 0 Å². The van der Waals surface area contributed by atoms with Gasteiger partial charge in [0.05, 0.1) is 12.5 Å². The van der Waals surface area contributed by atoms with Crippen molar-refractivity contribution in [1.82, 2.24) is 5.32 Å². The lowest BCUT2D eigenvalue weighted by Gasteiger charge is -2.41. The van der Waals surface area contributed by atoms with Crippen molar-refractivity contribution in [2.24, 2.45) is 11.3 Å². The third-order valence-corrected chi connectivity index (χ3v) is 6.45. The van der Waals surface area contributed by atoms with Crippen molar-refractivity contribution in [3.63, 3.8) is 0 Å². The van der Waals surface area contributed by atoms with Crippen molar-refractivity contribution in [2.45, 2.75) is 46.1 Å². The van der Waals surface area contributed by atoms with E-state index in [9.17, 15) is 9.59 Å². The molecule has 7 heteroatoms. The molecule has 1 N–H and O–H groups in total. The Hall–Kier alpha value is -2.80. The van der Waals surface area contributed by atoms with E-state index in [1.807, 2.05) is 36.4 Å². The van der Waals surface area contributed by atoms with Crippen LogP contribution < -0.4 is 10.1 Å². The van der Waals surface area contributed by atoms with Gasteiger partial charge in [-0.2, -0.15) is 0 Å². The number of carbonyl (C=O) groups is 2. The lowest BCUT2D eigenvalue weighted by atomic mass is 9.67. The van der Waals surface area contributed by atoms with Gasteiger partial charge in [-0.1, -0.05) is 42.4 Å². The Bertz CT molecular complexity index is 1130. The molecule has 0 bridgehead atoms. The van der Waals surface area contributed by atoms with Gasteiger partial charge in [-0.3, -0.25) is 9.59 Å². The maximum absolute atomic E-state index is 13.3. The average Bonchev–Trinajstić information content (AvgIpc) is 3.19. The molecule has 2 heterocycles. The summed E-state index contributed by atoms with van der Waals surface area (Å²) in [6.45, 7) is 10.5. The topological polar surface area (TPSA) is 77.8 Å². The van der Waals surface area contributed by atoms with E-state index in [4.69, 9.17) is 13.9 Å². The van der Waals surface area contributed by atoms with E-state index in [0.29, 0.717) is 41.4 Å². The molecule has 1 aromatic heterocycles. The number of hydrogen-bond acceptors (Lipinski definition) is 6. The summed E-state index contributed by atoms with van der Waals surface area (Å²) in [7, 11) is 0. The van der Waals surface area contributed by atoms with Gasteiger partial charge < -0.3 is 19.2 Å². The number of halogens is 1. The van der Waals surface area contributed by atoms with E-state index in [-0.39, 0.29) is 24.4 Å². The zero-order valence-electron chi connectivity index (χ0n) is 19.1. The fraction of sp³-hybridized carbons (Fsp3) is 0.385. The molecule has 174 valence electrons. The summed E-state index contributed by atoms with van der Waals surface area (Å²) < 4.78 is 18.2. The Morgan fingerprint density at radius 2 is 2.06 bits per heavy atom. The third kappa shape index (κ3) is 4.93.